The molecule has 2 aliphatic heterocycles. The fourth-order valence-electron chi connectivity index (χ4n) is 3.99. The summed E-state index contributed by atoms with van der Waals surface area (Å²) in [6.07, 6.45) is 6.57. The number of hydrogen-bond donors (Lipinski definition) is 1. The molecule has 10 heteroatoms. The Balaban J connectivity index is 1.55. The average molecular weight is 553 g/mol. The summed E-state index contributed by atoms with van der Waals surface area (Å²) in [5.41, 5.74) is 1.79. The first-order chi connectivity index (χ1) is 16.0. The Labute approximate surface area is 211 Å². The highest BCUT2D eigenvalue weighted by Crippen LogP contribution is 2.35. The van der Waals surface area contributed by atoms with Crippen LogP contribution in [0.5, 0.6) is 0 Å². The molecular weight excluding hydrogens is 526 g/mol. The van der Waals surface area contributed by atoms with Crippen LogP contribution in [0, 0.1) is 0 Å². The Kier molecular flexibility index (Phi) is 8.24. The molecule has 0 unspecified atom stereocenters. The van der Waals surface area contributed by atoms with Crippen LogP contribution in [0.3, 0.4) is 0 Å². The number of nitrogens with one attached hydrogen (secondary N) is 1. The van der Waals surface area contributed by atoms with E-state index in [1.807, 2.05) is 35.0 Å². The number of hydrogen-bond acceptors (Lipinski definition) is 6. The van der Waals surface area contributed by atoms with Gasteiger partial charge in [0.25, 0.3) is 5.91 Å². The van der Waals surface area contributed by atoms with Crippen molar-refractivity contribution < 1.29 is 19.1 Å². The molecule has 2 aromatic rings. The molecule has 4 rings (SSSR count). The van der Waals surface area contributed by atoms with E-state index in [1.54, 1.807) is 12.0 Å². The van der Waals surface area contributed by atoms with Crippen LogP contribution in [-0.2, 0) is 25.6 Å². The van der Waals surface area contributed by atoms with Crippen molar-refractivity contribution in [3.63, 3.8) is 0 Å². The number of benzene rings is 1. The van der Waals surface area contributed by atoms with E-state index in [0.717, 1.165) is 46.8 Å². The zero-order chi connectivity index (χ0) is 23.4. The van der Waals surface area contributed by atoms with E-state index >= 15 is 0 Å². The third-order valence-corrected chi connectivity index (χ3v) is 7.48. The van der Waals surface area contributed by atoms with Crippen molar-refractivity contribution in [2.75, 3.05) is 33.4 Å². The number of thiocarbonyl (C=S) groups is 1. The molecule has 176 valence electrons. The van der Waals surface area contributed by atoms with Crippen LogP contribution in [0.2, 0.25) is 0 Å². The van der Waals surface area contributed by atoms with Crippen molar-refractivity contribution in [1.29, 1.82) is 0 Å². The minimum atomic E-state index is -0.0905. The number of carbonyl (C=O) groups excluding carboxylic acids is 2. The first-order valence-electron chi connectivity index (χ1n) is 10.9. The van der Waals surface area contributed by atoms with Crippen LogP contribution in [-0.4, -0.2) is 65.1 Å². The summed E-state index contributed by atoms with van der Waals surface area (Å²) in [7, 11) is 1.64. The molecule has 33 heavy (non-hydrogen) atoms. The first kappa shape index (κ1) is 24.4. The second kappa shape index (κ2) is 11.1. The molecule has 2 amide bonds. The molecule has 2 aliphatic rings. The van der Waals surface area contributed by atoms with Gasteiger partial charge in [-0.3, -0.25) is 14.5 Å². The molecule has 0 aliphatic carbocycles. The molecule has 0 saturated carbocycles. The quantitative estimate of drug-likeness (QED) is 0.289. The molecule has 1 aromatic carbocycles. The van der Waals surface area contributed by atoms with E-state index in [2.05, 4.69) is 21.2 Å². The van der Waals surface area contributed by atoms with Gasteiger partial charge in [-0.2, -0.15) is 0 Å². The molecule has 7 nitrogen and oxygen atoms in total. The molecule has 1 aromatic heterocycles. The van der Waals surface area contributed by atoms with Crippen LogP contribution in [0.1, 0.15) is 24.8 Å². The maximum atomic E-state index is 13.1. The minimum Gasteiger partial charge on any atom is -0.385 e. The van der Waals surface area contributed by atoms with Gasteiger partial charge in [-0.25, -0.2) is 0 Å². The maximum absolute atomic E-state index is 13.1. The molecule has 0 radical (unpaired) electrons. The lowest BCUT2D eigenvalue weighted by atomic mass is 10.1. The third-order valence-electron chi connectivity index (χ3n) is 5.61. The Bertz CT molecular complexity index is 1090. The molecule has 1 N–H and O–H groups in total. The summed E-state index contributed by atoms with van der Waals surface area (Å²) < 4.78 is 14.1. The molecular formula is C23H26BrN3O4S2. The van der Waals surface area contributed by atoms with Gasteiger partial charge in [0.1, 0.15) is 10.9 Å². The van der Waals surface area contributed by atoms with Gasteiger partial charge in [-0.1, -0.05) is 39.9 Å². The normalized spacial score (nSPS) is 19.9. The lowest BCUT2D eigenvalue weighted by Gasteiger charge is -2.18. The standard InChI is InChI=1S/C23H26BrN3O4S2/c1-30-8-3-7-25-21(28)14-26-12-15(18-11-16(24)5-6-19(18)26)10-20-22(29)27(23(32)33-20)13-17-4-2-9-31-17/h5-6,10-12,17H,2-4,7-9,13-14H2,1H3,(H,25,28)/b20-10-/t17-/m1/s1. The number of methoxy groups -OCH3 is 1. The van der Waals surface area contributed by atoms with Crippen LogP contribution >= 0.6 is 39.9 Å². The number of nitrogens with zero attached hydrogens (tertiary/aromatic N) is 2. The second-order valence-corrected chi connectivity index (χ2v) is 10.6. The van der Waals surface area contributed by atoms with Crippen molar-refractivity contribution in [3.05, 3.63) is 39.3 Å². The van der Waals surface area contributed by atoms with Gasteiger partial charge in [0.05, 0.1) is 17.6 Å². The van der Waals surface area contributed by atoms with Gasteiger partial charge < -0.3 is 19.4 Å². The third kappa shape index (κ3) is 5.86. The number of fused-ring (bicyclic) bond motifs is 1. The van der Waals surface area contributed by atoms with E-state index < -0.39 is 0 Å². The Morgan fingerprint density at radius 2 is 2.30 bits per heavy atom. The number of carbonyl (C=O) groups is 2. The highest BCUT2D eigenvalue weighted by molar-refractivity contribution is 9.10. The van der Waals surface area contributed by atoms with Gasteiger partial charge in [-0.15, -0.1) is 0 Å². The van der Waals surface area contributed by atoms with Gasteiger partial charge in [-0.05, 0) is 43.5 Å². The summed E-state index contributed by atoms with van der Waals surface area (Å²) in [6.45, 7) is 2.61. The first-order valence-corrected chi connectivity index (χ1v) is 12.9. The summed E-state index contributed by atoms with van der Waals surface area (Å²) in [4.78, 5) is 27.7. The molecule has 2 saturated heterocycles. The molecule has 0 bridgehead atoms. The number of amides is 2. The van der Waals surface area contributed by atoms with E-state index in [9.17, 15) is 9.59 Å². The minimum absolute atomic E-state index is 0.0483. The summed E-state index contributed by atoms with van der Waals surface area (Å²) in [5.74, 6) is -0.160. The molecule has 0 spiro atoms. The van der Waals surface area contributed by atoms with Crippen LogP contribution < -0.4 is 5.32 Å². The van der Waals surface area contributed by atoms with E-state index in [4.69, 9.17) is 21.7 Å². The fourth-order valence-corrected chi connectivity index (χ4v) is 5.62. The number of thioether (sulfide) groups is 1. The second-order valence-electron chi connectivity index (χ2n) is 8.00. The number of rotatable bonds is 9. The van der Waals surface area contributed by atoms with Crippen LogP contribution in [0.15, 0.2) is 33.8 Å². The monoisotopic (exact) mass is 551 g/mol. The van der Waals surface area contributed by atoms with E-state index in [0.29, 0.717) is 28.9 Å². The largest absolute Gasteiger partial charge is 0.385 e. The molecule has 3 heterocycles. The van der Waals surface area contributed by atoms with Gasteiger partial charge in [0.2, 0.25) is 5.91 Å². The fraction of sp³-hybridized carbons (Fsp3) is 0.435. The van der Waals surface area contributed by atoms with Crippen molar-refractivity contribution in [2.24, 2.45) is 0 Å². The van der Waals surface area contributed by atoms with Crippen molar-refractivity contribution >= 4 is 73.0 Å². The number of ether oxygens (including phenoxy) is 2. The van der Waals surface area contributed by atoms with Crippen LogP contribution in [0.25, 0.3) is 17.0 Å². The SMILES string of the molecule is COCCCNC(=O)Cn1cc(/C=C2\SC(=S)N(C[C@H]3CCCO3)C2=O)c2cc(Br)ccc21. The smallest absolute Gasteiger partial charge is 0.266 e. The number of halogens is 1. The Morgan fingerprint density at radius 3 is 3.06 bits per heavy atom. The lowest BCUT2D eigenvalue weighted by molar-refractivity contribution is -0.123. The average Bonchev–Trinajstić information content (AvgIpc) is 3.48. The predicted octanol–water partition coefficient (Wildman–Crippen LogP) is 3.94. The zero-order valence-corrected chi connectivity index (χ0v) is 21.6. The van der Waals surface area contributed by atoms with Gasteiger partial charge in [0, 0.05) is 54.0 Å². The summed E-state index contributed by atoms with van der Waals surface area (Å²) in [6, 6.07) is 5.92. The van der Waals surface area contributed by atoms with Crippen LogP contribution in [0.4, 0.5) is 0 Å². The Hall–Kier alpha value is -1.72. The molecule has 2 fully saturated rings. The Morgan fingerprint density at radius 1 is 1.45 bits per heavy atom. The summed E-state index contributed by atoms with van der Waals surface area (Å²) in [5, 5.41) is 3.88. The van der Waals surface area contributed by atoms with Gasteiger partial charge in [0.15, 0.2) is 0 Å². The zero-order valence-electron chi connectivity index (χ0n) is 18.3. The topological polar surface area (TPSA) is 72.8 Å². The predicted molar refractivity (Wildman–Crippen MR) is 138 cm³/mol. The lowest BCUT2D eigenvalue weighted by Crippen LogP contribution is -2.35. The van der Waals surface area contributed by atoms with Crippen molar-refractivity contribution in [1.82, 2.24) is 14.8 Å². The molecule has 1 atom stereocenters. The highest BCUT2D eigenvalue weighted by atomic mass is 79.9. The highest BCUT2D eigenvalue weighted by Gasteiger charge is 2.34. The summed E-state index contributed by atoms with van der Waals surface area (Å²) >= 11 is 10.3. The van der Waals surface area contributed by atoms with Crippen molar-refractivity contribution in [2.45, 2.75) is 31.9 Å². The van der Waals surface area contributed by atoms with Gasteiger partial charge >= 0.3 is 0 Å². The van der Waals surface area contributed by atoms with E-state index in [1.165, 1.54) is 11.8 Å². The number of aromatic nitrogens is 1. The van der Waals surface area contributed by atoms with Crippen molar-refractivity contribution in [3.8, 4) is 0 Å². The maximum Gasteiger partial charge on any atom is 0.266 e. The van der Waals surface area contributed by atoms with E-state index in [-0.39, 0.29) is 24.5 Å².